The minimum Gasteiger partial charge on any atom is -0.496 e. The summed E-state index contributed by atoms with van der Waals surface area (Å²) in [5.74, 6) is -1.13. The van der Waals surface area contributed by atoms with Crippen molar-refractivity contribution >= 4 is 34.8 Å². The molecule has 1 fully saturated rings. The van der Waals surface area contributed by atoms with Gasteiger partial charge in [-0.05, 0) is 53.2 Å². The van der Waals surface area contributed by atoms with Gasteiger partial charge in [0.05, 0.1) is 31.4 Å². The molecule has 1 aromatic heterocycles. The van der Waals surface area contributed by atoms with Crippen LogP contribution in [0.3, 0.4) is 0 Å². The van der Waals surface area contributed by atoms with Crippen LogP contribution in [0.15, 0.2) is 30.3 Å². The molecule has 0 radical (unpaired) electrons. The van der Waals surface area contributed by atoms with Crippen molar-refractivity contribution < 1.29 is 38.5 Å². The van der Waals surface area contributed by atoms with Gasteiger partial charge in [-0.2, -0.15) is 0 Å². The molecule has 2 heterocycles. The summed E-state index contributed by atoms with van der Waals surface area (Å²) in [6.07, 6.45) is -1.66. The number of hydrogen-bond acceptors (Lipinski definition) is 9. The average Bonchev–Trinajstić information content (AvgIpc) is 2.92. The third-order valence-electron chi connectivity index (χ3n) is 6.58. The number of carbonyl (C=O) groups excluding carboxylic acids is 4. The zero-order valence-electron chi connectivity index (χ0n) is 24.5. The topological polar surface area (TPSA) is 148 Å². The molecule has 0 aliphatic carbocycles. The molecule has 12 heteroatoms. The minimum absolute atomic E-state index is 0.0240. The minimum atomic E-state index is -1.10. The van der Waals surface area contributed by atoms with E-state index in [0.29, 0.717) is 11.3 Å². The van der Waals surface area contributed by atoms with Gasteiger partial charge in [0.2, 0.25) is 5.91 Å². The van der Waals surface area contributed by atoms with Crippen LogP contribution in [0.1, 0.15) is 57.9 Å². The third-order valence-corrected chi connectivity index (χ3v) is 6.58. The molecule has 0 saturated carbocycles. The van der Waals surface area contributed by atoms with Gasteiger partial charge in [0, 0.05) is 37.5 Å². The van der Waals surface area contributed by atoms with E-state index in [-0.39, 0.29) is 44.8 Å². The van der Waals surface area contributed by atoms with Gasteiger partial charge in [-0.15, -0.1) is 0 Å². The number of rotatable bonds is 9. The molecule has 2 aromatic rings. The fraction of sp³-hybridized carbons (Fsp3) is 0.552. The largest absolute Gasteiger partial charge is 0.496 e. The Labute approximate surface area is 239 Å². The van der Waals surface area contributed by atoms with Crippen molar-refractivity contribution in [1.29, 1.82) is 0 Å². The van der Waals surface area contributed by atoms with Gasteiger partial charge >= 0.3 is 12.1 Å². The number of nitrogens with one attached hydrogen (secondary N) is 1. The number of nitrogens with zero attached hydrogens (tertiary/aromatic N) is 3. The first-order valence-corrected chi connectivity index (χ1v) is 13.7. The molecule has 1 aliphatic rings. The fourth-order valence-electron chi connectivity index (χ4n) is 4.65. The molecule has 224 valence electrons. The van der Waals surface area contributed by atoms with Gasteiger partial charge in [-0.3, -0.25) is 19.3 Å². The average molecular weight is 573 g/mol. The number of hydrogen-bond donors (Lipinski definition) is 2. The number of amides is 3. The van der Waals surface area contributed by atoms with Crippen molar-refractivity contribution in [3.05, 3.63) is 36.0 Å². The SMILES string of the molecule is CCOC(=O)N1CCN(C(=O)C(CCC(=O)OC(C)(C)C)NC(=O)c2cc(OC)c3ccccc3n2)CC1C(C)O. The lowest BCUT2D eigenvalue weighted by Gasteiger charge is -2.42. The van der Waals surface area contributed by atoms with Gasteiger partial charge < -0.3 is 29.5 Å². The van der Waals surface area contributed by atoms with Gasteiger partial charge in [-0.25, -0.2) is 9.78 Å². The van der Waals surface area contributed by atoms with Crippen LogP contribution in [0.2, 0.25) is 0 Å². The Bertz CT molecular complexity index is 1260. The second-order valence-corrected chi connectivity index (χ2v) is 10.9. The van der Waals surface area contributed by atoms with Crippen molar-refractivity contribution in [2.75, 3.05) is 33.4 Å². The number of aliphatic hydroxyl groups is 1. The maximum absolute atomic E-state index is 13.8. The molecule has 1 saturated heterocycles. The molecule has 3 atom stereocenters. The maximum Gasteiger partial charge on any atom is 0.410 e. The number of esters is 1. The van der Waals surface area contributed by atoms with Gasteiger partial charge in [0.1, 0.15) is 23.1 Å². The second-order valence-electron chi connectivity index (χ2n) is 10.9. The number of methoxy groups -OCH3 is 1. The van der Waals surface area contributed by atoms with Crippen molar-refractivity contribution in [2.45, 2.75) is 71.2 Å². The summed E-state index contributed by atoms with van der Waals surface area (Å²) in [5, 5.41) is 13.8. The molecule has 12 nitrogen and oxygen atoms in total. The van der Waals surface area contributed by atoms with Crippen LogP contribution < -0.4 is 10.1 Å². The van der Waals surface area contributed by atoms with E-state index >= 15 is 0 Å². The summed E-state index contributed by atoms with van der Waals surface area (Å²) < 4.78 is 16.0. The van der Waals surface area contributed by atoms with Crippen LogP contribution >= 0.6 is 0 Å². The number of aromatic nitrogens is 1. The van der Waals surface area contributed by atoms with E-state index in [1.165, 1.54) is 29.9 Å². The highest BCUT2D eigenvalue weighted by Crippen LogP contribution is 2.25. The molecular weight excluding hydrogens is 532 g/mol. The zero-order valence-corrected chi connectivity index (χ0v) is 24.5. The monoisotopic (exact) mass is 572 g/mol. The number of benzene rings is 1. The summed E-state index contributed by atoms with van der Waals surface area (Å²) in [6, 6.07) is 6.88. The van der Waals surface area contributed by atoms with Crippen LogP contribution in [0.5, 0.6) is 5.75 Å². The van der Waals surface area contributed by atoms with E-state index in [1.807, 2.05) is 12.1 Å². The highest BCUT2D eigenvalue weighted by Gasteiger charge is 2.38. The second kappa shape index (κ2) is 13.6. The Morgan fingerprint density at radius 3 is 2.51 bits per heavy atom. The van der Waals surface area contributed by atoms with Gasteiger partial charge in [0.15, 0.2) is 0 Å². The van der Waals surface area contributed by atoms with Crippen LogP contribution in [0.4, 0.5) is 4.79 Å². The number of ether oxygens (including phenoxy) is 3. The molecule has 1 aliphatic heterocycles. The first-order valence-electron chi connectivity index (χ1n) is 13.7. The Morgan fingerprint density at radius 2 is 1.88 bits per heavy atom. The lowest BCUT2D eigenvalue weighted by molar-refractivity contribution is -0.155. The smallest absolute Gasteiger partial charge is 0.410 e. The predicted octanol–water partition coefficient (Wildman–Crippen LogP) is 2.51. The Morgan fingerprint density at radius 1 is 1.17 bits per heavy atom. The van der Waals surface area contributed by atoms with Crippen molar-refractivity contribution in [3.63, 3.8) is 0 Å². The molecule has 0 bridgehead atoms. The Kier molecular flexibility index (Phi) is 10.5. The summed E-state index contributed by atoms with van der Waals surface area (Å²) >= 11 is 0. The lowest BCUT2D eigenvalue weighted by atomic mass is 10.0. The van der Waals surface area contributed by atoms with Crippen molar-refractivity contribution in [2.24, 2.45) is 0 Å². The van der Waals surface area contributed by atoms with E-state index in [9.17, 15) is 24.3 Å². The van der Waals surface area contributed by atoms with E-state index in [2.05, 4.69) is 10.3 Å². The molecule has 41 heavy (non-hydrogen) atoms. The number of carbonyl (C=O) groups is 4. The van der Waals surface area contributed by atoms with E-state index in [0.717, 1.165) is 5.39 Å². The highest BCUT2D eigenvalue weighted by atomic mass is 16.6. The van der Waals surface area contributed by atoms with Crippen LogP contribution in [0, 0.1) is 0 Å². The molecule has 3 rings (SSSR count). The highest BCUT2D eigenvalue weighted by molar-refractivity contribution is 5.99. The predicted molar refractivity (Wildman–Crippen MR) is 150 cm³/mol. The van der Waals surface area contributed by atoms with Gasteiger partial charge in [-0.1, -0.05) is 12.1 Å². The number of fused-ring (bicyclic) bond motifs is 1. The first-order chi connectivity index (χ1) is 19.3. The Balaban J connectivity index is 1.84. The van der Waals surface area contributed by atoms with E-state index < -0.39 is 47.7 Å². The Hall–Kier alpha value is -3.93. The number of pyridine rings is 1. The molecule has 3 unspecified atom stereocenters. The quantitative estimate of drug-likeness (QED) is 0.433. The number of piperazine rings is 1. The first kappa shape index (κ1) is 31.6. The van der Waals surface area contributed by atoms with Crippen LogP contribution in [0.25, 0.3) is 10.9 Å². The maximum atomic E-state index is 13.8. The summed E-state index contributed by atoms with van der Waals surface area (Å²) in [7, 11) is 1.49. The van der Waals surface area contributed by atoms with Crippen molar-refractivity contribution in [1.82, 2.24) is 20.1 Å². The third kappa shape index (κ3) is 8.29. The molecule has 0 spiro atoms. The lowest BCUT2D eigenvalue weighted by Crippen LogP contribution is -2.62. The summed E-state index contributed by atoms with van der Waals surface area (Å²) in [4.78, 5) is 59.4. The number of para-hydroxylation sites is 1. The van der Waals surface area contributed by atoms with E-state index in [4.69, 9.17) is 14.2 Å². The number of aliphatic hydroxyl groups excluding tert-OH is 1. The zero-order chi connectivity index (χ0) is 30.3. The standard InChI is InChI=1S/C29H40N4O8/c1-7-40-28(38)33-15-14-32(17-23(33)18(2)34)27(37)21(12-13-25(35)41-29(3,4)5)31-26(36)22-16-24(39-6)19-10-8-9-11-20(19)30-22/h8-11,16,18,21,23,34H,7,12-15,17H2,1-6H3,(H,31,36). The summed E-state index contributed by atoms with van der Waals surface area (Å²) in [5.41, 5.74) is -0.118. The van der Waals surface area contributed by atoms with Crippen LogP contribution in [-0.2, 0) is 19.1 Å². The van der Waals surface area contributed by atoms with E-state index in [1.54, 1.807) is 39.8 Å². The van der Waals surface area contributed by atoms with Gasteiger partial charge in [0.25, 0.3) is 5.91 Å². The molecular formula is C29H40N4O8. The fourth-order valence-corrected chi connectivity index (χ4v) is 4.65. The summed E-state index contributed by atoms with van der Waals surface area (Å²) in [6.45, 7) is 8.94. The molecule has 1 aromatic carbocycles. The van der Waals surface area contributed by atoms with Crippen LogP contribution in [-0.4, -0.2) is 101 Å². The normalized spacial score (nSPS) is 17.0. The molecule has 3 amide bonds. The van der Waals surface area contributed by atoms with Crippen molar-refractivity contribution in [3.8, 4) is 5.75 Å². The molecule has 2 N–H and O–H groups in total.